The van der Waals surface area contributed by atoms with Crippen LogP contribution >= 0.6 is 0 Å². The molecular weight excluding hydrogens is 346 g/mol. The number of ether oxygens (including phenoxy) is 1. The van der Waals surface area contributed by atoms with Crippen LogP contribution in [0, 0.1) is 35.5 Å². The molecule has 0 amide bonds. The van der Waals surface area contributed by atoms with Crippen molar-refractivity contribution in [1.82, 2.24) is 0 Å². The summed E-state index contributed by atoms with van der Waals surface area (Å²) < 4.78 is 6.97. The minimum absolute atomic E-state index is 0.0924. The monoisotopic (exact) mass is 379 g/mol. The van der Waals surface area contributed by atoms with Crippen LogP contribution in [0.1, 0.15) is 63.5 Å². The second kappa shape index (κ2) is 6.51. The molecule has 6 unspecified atom stereocenters. The molecule has 0 radical (unpaired) electrons. The molecular formula is C25H33NO2. The van der Waals surface area contributed by atoms with E-state index in [9.17, 15) is 5.11 Å². The number of phenols is 1. The molecule has 0 aromatic heterocycles. The Balaban J connectivity index is 1.60. The Morgan fingerprint density at radius 3 is 2.86 bits per heavy atom. The molecule has 3 N–H and O–H groups in total. The third kappa shape index (κ3) is 2.80. The molecule has 2 saturated carbocycles. The van der Waals surface area contributed by atoms with Crippen LogP contribution in [0.4, 0.5) is 0 Å². The summed E-state index contributed by atoms with van der Waals surface area (Å²) in [5.74, 6) is 9.15. The Labute approximate surface area is 169 Å². The quantitative estimate of drug-likeness (QED) is 0.664. The average Bonchev–Trinajstić information content (AvgIpc) is 2.66. The minimum atomic E-state index is -0.179. The Morgan fingerprint density at radius 1 is 1.18 bits per heavy atom. The van der Waals surface area contributed by atoms with Crippen molar-refractivity contribution in [3.05, 3.63) is 29.3 Å². The second-order valence-corrected chi connectivity index (χ2v) is 10.2. The predicted octanol–water partition coefficient (Wildman–Crippen LogP) is 4.20. The first-order valence-corrected chi connectivity index (χ1v) is 11.1. The molecule has 4 bridgehead atoms. The van der Waals surface area contributed by atoms with Gasteiger partial charge in [0.2, 0.25) is 0 Å². The van der Waals surface area contributed by atoms with Crippen LogP contribution in [-0.2, 0) is 17.6 Å². The molecule has 1 aromatic rings. The van der Waals surface area contributed by atoms with Crippen molar-refractivity contribution in [3.63, 3.8) is 0 Å². The topological polar surface area (TPSA) is 55.5 Å². The lowest BCUT2D eigenvalue weighted by molar-refractivity contribution is -0.285. The third-order valence-electron chi connectivity index (χ3n) is 8.28. The molecule has 2 heterocycles. The standard InChI is InChI=1S/C25H33NO2/c1-24(2)21-11-12-25(28-24)19-7-3-5-16(14-19)13-18-9-10-20(27)15-17(18)6-4-8-22(25)23(21)26/h9-10,15-16,19,21-23,27H,3,5-7,11-14,26H2,1-2H3. The summed E-state index contributed by atoms with van der Waals surface area (Å²) in [5, 5.41) is 9.99. The van der Waals surface area contributed by atoms with Gasteiger partial charge in [0.15, 0.2) is 0 Å². The van der Waals surface area contributed by atoms with Crippen molar-refractivity contribution in [2.45, 2.75) is 82.5 Å². The lowest BCUT2D eigenvalue weighted by Gasteiger charge is -2.63. The highest BCUT2D eigenvalue weighted by atomic mass is 16.5. The van der Waals surface area contributed by atoms with E-state index in [0.717, 1.165) is 12.8 Å². The Kier molecular flexibility index (Phi) is 4.30. The van der Waals surface area contributed by atoms with E-state index >= 15 is 0 Å². The molecule has 3 nitrogen and oxygen atoms in total. The highest BCUT2D eigenvalue weighted by molar-refractivity contribution is 5.38. The van der Waals surface area contributed by atoms with E-state index in [2.05, 4.69) is 31.8 Å². The van der Waals surface area contributed by atoms with E-state index in [0.29, 0.717) is 29.9 Å². The Hall–Kier alpha value is -1.50. The zero-order valence-corrected chi connectivity index (χ0v) is 17.2. The summed E-state index contributed by atoms with van der Waals surface area (Å²) >= 11 is 0. The molecule has 6 atom stereocenters. The maximum atomic E-state index is 9.99. The summed E-state index contributed by atoms with van der Waals surface area (Å²) in [6.45, 7) is 4.48. The van der Waals surface area contributed by atoms with E-state index in [4.69, 9.17) is 10.5 Å². The molecule has 1 aromatic carbocycles. The fourth-order valence-electron chi connectivity index (χ4n) is 7.00. The van der Waals surface area contributed by atoms with Gasteiger partial charge in [0.05, 0.1) is 17.1 Å². The molecule has 6 rings (SSSR count). The van der Waals surface area contributed by atoms with Crippen molar-refractivity contribution in [2.24, 2.45) is 29.4 Å². The van der Waals surface area contributed by atoms with Crippen LogP contribution in [0.3, 0.4) is 0 Å². The SMILES string of the molecule is CC1(C)OC23CCC1C(N)C2C#CCc1cc(O)ccc1CC1CCCC3C1. The lowest BCUT2D eigenvalue weighted by atomic mass is 9.54. The number of phenolic OH excluding ortho intramolecular Hbond substituents is 1. The van der Waals surface area contributed by atoms with Crippen LogP contribution in [0.25, 0.3) is 0 Å². The first-order chi connectivity index (χ1) is 13.4. The summed E-state index contributed by atoms with van der Waals surface area (Å²) in [7, 11) is 0. The van der Waals surface area contributed by atoms with Gasteiger partial charge in [-0.05, 0) is 81.0 Å². The summed E-state index contributed by atoms with van der Waals surface area (Å²) in [5.41, 5.74) is 9.07. The molecule has 5 aliphatic rings. The Bertz CT molecular complexity index is 835. The maximum absolute atomic E-state index is 9.99. The molecule has 28 heavy (non-hydrogen) atoms. The van der Waals surface area contributed by atoms with E-state index < -0.39 is 0 Å². The van der Waals surface area contributed by atoms with Gasteiger partial charge in [-0.2, -0.15) is 0 Å². The maximum Gasteiger partial charge on any atom is 0.115 e. The van der Waals surface area contributed by atoms with E-state index in [1.807, 2.05) is 12.1 Å². The number of hydrogen-bond donors (Lipinski definition) is 2. The fourth-order valence-corrected chi connectivity index (χ4v) is 7.00. The van der Waals surface area contributed by atoms with E-state index in [-0.39, 0.29) is 23.2 Å². The van der Waals surface area contributed by atoms with E-state index in [1.165, 1.54) is 43.2 Å². The van der Waals surface area contributed by atoms with Gasteiger partial charge in [0, 0.05) is 18.4 Å². The predicted molar refractivity (Wildman–Crippen MR) is 111 cm³/mol. The number of fused-ring (bicyclic) bond motifs is 5. The Morgan fingerprint density at radius 2 is 2.04 bits per heavy atom. The molecule has 150 valence electrons. The van der Waals surface area contributed by atoms with Crippen LogP contribution in [0.15, 0.2) is 18.2 Å². The van der Waals surface area contributed by atoms with Gasteiger partial charge in [-0.15, -0.1) is 0 Å². The van der Waals surface area contributed by atoms with Crippen molar-refractivity contribution < 1.29 is 9.84 Å². The number of rotatable bonds is 0. The van der Waals surface area contributed by atoms with Gasteiger partial charge in [0.25, 0.3) is 0 Å². The van der Waals surface area contributed by atoms with Crippen LogP contribution < -0.4 is 5.73 Å². The molecule has 3 heteroatoms. The fraction of sp³-hybridized carbons (Fsp3) is 0.680. The van der Waals surface area contributed by atoms with Gasteiger partial charge in [-0.3, -0.25) is 0 Å². The first-order valence-electron chi connectivity index (χ1n) is 11.1. The van der Waals surface area contributed by atoms with E-state index in [1.54, 1.807) is 0 Å². The van der Waals surface area contributed by atoms with Crippen LogP contribution in [0.5, 0.6) is 5.75 Å². The molecule has 4 fully saturated rings. The van der Waals surface area contributed by atoms with Gasteiger partial charge >= 0.3 is 0 Å². The summed E-state index contributed by atoms with van der Waals surface area (Å²) in [4.78, 5) is 0. The second-order valence-electron chi connectivity index (χ2n) is 10.2. The third-order valence-corrected chi connectivity index (χ3v) is 8.28. The molecule has 2 aliphatic heterocycles. The van der Waals surface area contributed by atoms with Gasteiger partial charge < -0.3 is 15.6 Å². The lowest BCUT2D eigenvalue weighted by Crippen LogP contribution is -2.71. The smallest absolute Gasteiger partial charge is 0.115 e. The zero-order chi connectivity index (χ0) is 19.5. The van der Waals surface area contributed by atoms with Crippen LogP contribution in [0.2, 0.25) is 0 Å². The van der Waals surface area contributed by atoms with Gasteiger partial charge in [-0.1, -0.05) is 30.7 Å². The zero-order valence-electron chi connectivity index (χ0n) is 17.2. The van der Waals surface area contributed by atoms with Crippen molar-refractivity contribution in [3.8, 4) is 17.6 Å². The van der Waals surface area contributed by atoms with Crippen molar-refractivity contribution in [1.29, 1.82) is 0 Å². The highest BCUT2D eigenvalue weighted by Crippen LogP contribution is 2.58. The average molecular weight is 380 g/mol. The van der Waals surface area contributed by atoms with Crippen molar-refractivity contribution in [2.75, 3.05) is 0 Å². The molecule has 3 aliphatic carbocycles. The largest absolute Gasteiger partial charge is 0.508 e. The highest BCUT2D eigenvalue weighted by Gasteiger charge is 2.62. The summed E-state index contributed by atoms with van der Waals surface area (Å²) in [6, 6.07) is 5.93. The van der Waals surface area contributed by atoms with Crippen molar-refractivity contribution >= 4 is 0 Å². The molecule has 2 saturated heterocycles. The molecule has 1 spiro atoms. The summed E-state index contributed by atoms with van der Waals surface area (Å²) in [6.07, 6.45) is 9.07. The number of aromatic hydroxyl groups is 1. The van der Waals surface area contributed by atoms with Gasteiger partial charge in [-0.25, -0.2) is 0 Å². The normalized spacial score (nSPS) is 41.0. The first kappa shape index (κ1) is 18.5. The van der Waals surface area contributed by atoms with Gasteiger partial charge in [0.1, 0.15) is 5.75 Å². The number of nitrogens with two attached hydrogens (primary N) is 1. The number of hydrogen-bond acceptors (Lipinski definition) is 3. The van der Waals surface area contributed by atoms with Crippen LogP contribution in [-0.4, -0.2) is 22.4 Å². The number of benzene rings is 1. The minimum Gasteiger partial charge on any atom is -0.508 e.